The Morgan fingerprint density at radius 2 is 1.81 bits per heavy atom. The van der Waals surface area contributed by atoms with Crippen LogP contribution in [0.3, 0.4) is 0 Å². The first-order valence-corrected chi connectivity index (χ1v) is 8.98. The molecule has 2 N–H and O–H groups in total. The van der Waals surface area contributed by atoms with E-state index in [1.807, 2.05) is 0 Å². The van der Waals surface area contributed by atoms with Gasteiger partial charge in [0, 0.05) is 24.2 Å². The number of imidazole rings is 1. The summed E-state index contributed by atoms with van der Waals surface area (Å²) in [5.74, 6) is -2.40. The summed E-state index contributed by atoms with van der Waals surface area (Å²) in [5, 5.41) is 4.09. The molecule has 158 valence electrons. The molecule has 2 atom stereocenters. The van der Waals surface area contributed by atoms with Crippen LogP contribution in [0.4, 0.5) is 17.6 Å². The first-order valence-electron chi connectivity index (χ1n) is 8.98. The van der Waals surface area contributed by atoms with Crippen molar-refractivity contribution in [1.82, 2.24) is 34.5 Å². The first kappa shape index (κ1) is 19.1. The van der Waals surface area contributed by atoms with E-state index < -0.39 is 29.2 Å². The van der Waals surface area contributed by atoms with Crippen molar-refractivity contribution in [3.63, 3.8) is 0 Å². The van der Waals surface area contributed by atoms with Gasteiger partial charge in [0.1, 0.15) is 0 Å². The largest absolute Gasteiger partial charge is 0.451 e. The molecule has 0 bridgehead atoms. The number of nitrogens with one attached hydrogen (secondary N) is 2. The minimum Gasteiger partial charge on any atom is -0.313 e. The van der Waals surface area contributed by atoms with Gasteiger partial charge in [0.05, 0.1) is 17.5 Å². The molecular formula is C18H11F4N7O2. The monoisotopic (exact) mass is 433 g/mol. The molecule has 0 spiro atoms. The highest BCUT2D eigenvalue weighted by molar-refractivity contribution is 5.63. The maximum atomic E-state index is 14.2. The van der Waals surface area contributed by atoms with Crippen LogP contribution in [0, 0.1) is 5.95 Å². The van der Waals surface area contributed by atoms with Crippen LogP contribution in [0.15, 0.2) is 40.4 Å². The molecule has 0 amide bonds. The van der Waals surface area contributed by atoms with Gasteiger partial charge in [-0.3, -0.25) is 9.78 Å². The van der Waals surface area contributed by atoms with Crippen LogP contribution in [0.25, 0.3) is 16.9 Å². The summed E-state index contributed by atoms with van der Waals surface area (Å²) in [6.07, 6.45) is 0.305. The SMILES string of the molecule is O=c1[nH]cc(-c2cc([C@H]3C[C@@H]3c3cnc(C(F)(F)F)nc3)c3ncc(F)n3n2)c(=O)[nH]1. The van der Waals surface area contributed by atoms with E-state index in [9.17, 15) is 27.2 Å². The highest BCUT2D eigenvalue weighted by Crippen LogP contribution is 2.55. The third-order valence-electron chi connectivity index (χ3n) is 5.09. The van der Waals surface area contributed by atoms with Crippen molar-refractivity contribution in [2.24, 2.45) is 0 Å². The third-order valence-corrected chi connectivity index (χ3v) is 5.09. The summed E-state index contributed by atoms with van der Waals surface area (Å²) in [6.45, 7) is 0. The number of rotatable bonds is 3. The Balaban J connectivity index is 1.56. The van der Waals surface area contributed by atoms with E-state index in [1.165, 1.54) is 6.20 Å². The van der Waals surface area contributed by atoms with Crippen molar-refractivity contribution in [1.29, 1.82) is 0 Å². The van der Waals surface area contributed by atoms with Crippen LogP contribution in [0.2, 0.25) is 0 Å². The quantitative estimate of drug-likeness (QED) is 0.477. The Morgan fingerprint density at radius 3 is 2.48 bits per heavy atom. The minimum atomic E-state index is -4.63. The van der Waals surface area contributed by atoms with Gasteiger partial charge >= 0.3 is 11.9 Å². The second-order valence-corrected chi connectivity index (χ2v) is 7.07. The van der Waals surface area contributed by atoms with Gasteiger partial charge in [-0.1, -0.05) is 0 Å². The zero-order chi connectivity index (χ0) is 21.9. The Bertz CT molecular complexity index is 1420. The zero-order valence-electron chi connectivity index (χ0n) is 15.3. The van der Waals surface area contributed by atoms with E-state index in [-0.39, 0.29) is 28.7 Å². The van der Waals surface area contributed by atoms with Crippen LogP contribution in [-0.2, 0) is 6.18 Å². The number of fused-ring (bicyclic) bond motifs is 1. The Kier molecular flexibility index (Phi) is 4.03. The van der Waals surface area contributed by atoms with Gasteiger partial charge in [0.2, 0.25) is 11.8 Å². The second-order valence-electron chi connectivity index (χ2n) is 7.07. The van der Waals surface area contributed by atoms with Crippen LogP contribution in [-0.4, -0.2) is 34.5 Å². The highest BCUT2D eigenvalue weighted by atomic mass is 19.4. The standard InChI is InChI=1S/C18H11F4N7O2/c19-13-6-23-14-10(2-12(28-29(13)14)11-5-26-17(31)27-15(11)30)9-1-8(9)7-3-24-16(25-4-7)18(20,21)22/h2-6,8-9H,1H2,(H2,26,27,30,31)/t8-,9+/m1/s1. The number of H-pyrrole nitrogens is 2. The number of nitrogens with zero attached hydrogens (tertiary/aromatic N) is 5. The van der Waals surface area contributed by atoms with Crippen LogP contribution in [0.1, 0.15) is 35.2 Å². The predicted molar refractivity (Wildman–Crippen MR) is 96.8 cm³/mol. The number of hydrogen-bond donors (Lipinski definition) is 2. The number of hydrogen-bond acceptors (Lipinski definition) is 6. The Hall–Kier alpha value is -3.90. The summed E-state index contributed by atoms with van der Waals surface area (Å²) in [7, 11) is 0. The lowest BCUT2D eigenvalue weighted by Gasteiger charge is -2.08. The second kappa shape index (κ2) is 6.55. The summed E-state index contributed by atoms with van der Waals surface area (Å²) in [6, 6.07) is 1.56. The van der Waals surface area contributed by atoms with Gasteiger partial charge in [0.25, 0.3) is 5.56 Å². The van der Waals surface area contributed by atoms with E-state index in [1.54, 1.807) is 6.07 Å². The van der Waals surface area contributed by atoms with Gasteiger partial charge in [-0.05, 0) is 29.9 Å². The van der Waals surface area contributed by atoms with E-state index in [2.05, 4.69) is 30.0 Å². The van der Waals surface area contributed by atoms with Crippen LogP contribution >= 0.6 is 0 Å². The average Bonchev–Trinajstić information content (AvgIpc) is 3.43. The molecule has 0 aromatic carbocycles. The van der Waals surface area contributed by atoms with Crippen LogP contribution < -0.4 is 11.2 Å². The molecule has 4 heterocycles. The maximum Gasteiger partial charge on any atom is 0.451 e. The molecule has 0 radical (unpaired) electrons. The number of alkyl halides is 3. The molecule has 1 aliphatic carbocycles. The van der Waals surface area contributed by atoms with E-state index >= 15 is 0 Å². The molecule has 0 unspecified atom stereocenters. The third kappa shape index (κ3) is 3.27. The molecule has 13 heteroatoms. The summed E-state index contributed by atoms with van der Waals surface area (Å²) < 4.78 is 53.2. The highest BCUT2D eigenvalue weighted by Gasteiger charge is 2.43. The molecular weight excluding hydrogens is 422 g/mol. The average molecular weight is 433 g/mol. The van der Waals surface area contributed by atoms with Gasteiger partial charge in [-0.25, -0.2) is 19.7 Å². The van der Waals surface area contributed by atoms with Gasteiger partial charge in [-0.2, -0.15) is 27.2 Å². The Morgan fingerprint density at radius 1 is 1.06 bits per heavy atom. The van der Waals surface area contributed by atoms with E-state index in [0.29, 0.717) is 17.5 Å². The lowest BCUT2D eigenvalue weighted by atomic mass is 10.1. The fraction of sp³-hybridized carbons (Fsp3) is 0.222. The lowest BCUT2D eigenvalue weighted by Crippen LogP contribution is -2.23. The molecule has 1 aliphatic rings. The van der Waals surface area contributed by atoms with Crippen molar-refractivity contribution in [3.05, 3.63) is 74.6 Å². The molecule has 0 aliphatic heterocycles. The van der Waals surface area contributed by atoms with Crippen molar-refractivity contribution < 1.29 is 17.6 Å². The molecule has 4 aromatic rings. The summed E-state index contributed by atoms with van der Waals surface area (Å²) >= 11 is 0. The smallest absolute Gasteiger partial charge is 0.313 e. The molecule has 1 saturated carbocycles. The fourth-order valence-electron chi connectivity index (χ4n) is 3.55. The first-order chi connectivity index (χ1) is 14.7. The Labute approximate surface area is 168 Å². The van der Waals surface area contributed by atoms with Crippen molar-refractivity contribution in [2.45, 2.75) is 24.4 Å². The number of aromatic amines is 2. The van der Waals surface area contributed by atoms with E-state index in [0.717, 1.165) is 23.1 Å². The normalized spacial score (nSPS) is 18.5. The van der Waals surface area contributed by atoms with Gasteiger partial charge in [0.15, 0.2) is 5.65 Å². The van der Waals surface area contributed by atoms with Gasteiger partial charge in [-0.15, -0.1) is 0 Å². The van der Waals surface area contributed by atoms with Crippen LogP contribution in [0.5, 0.6) is 0 Å². The van der Waals surface area contributed by atoms with E-state index in [4.69, 9.17) is 0 Å². The van der Waals surface area contributed by atoms with Gasteiger partial charge < -0.3 is 4.98 Å². The zero-order valence-corrected chi connectivity index (χ0v) is 15.3. The summed E-state index contributed by atoms with van der Waals surface area (Å²) in [4.78, 5) is 38.6. The molecule has 9 nitrogen and oxygen atoms in total. The molecule has 0 saturated heterocycles. The topological polar surface area (TPSA) is 122 Å². The molecule has 4 aromatic heterocycles. The van der Waals surface area contributed by atoms with Crippen molar-refractivity contribution >= 4 is 5.65 Å². The molecule has 1 fully saturated rings. The maximum absolute atomic E-state index is 14.2. The lowest BCUT2D eigenvalue weighted by molar-refractivity contribution is -0.145. The minimum absolute atomic E-state index is 0.0194. The molecule has 5 rings (SSSR count). The van der Waals surface area contributed by atoms with Crippen molar-refractivity contribution in [3.8, 4) is 11.3 Å². The number of halogens is 4. The number of aromatic nitrogens is 7. The van der Waals surface area contributed by atoms with Crippen molar-refractivity contribution in [2.75, 3.05) is 0 Å². The summed E-state index contributed by atoms with van der Waals surface area (Å²) in [5.41, 5.74) is 0.00590. The molecule has 31 heavy (non-hydrogen) atoms. The fourth-order valence-corrected chi connectivity index (χ4v) is 3.55. The predicted octanol–water partition coefficient (Wildman–Crippen LogP) is 1.99.